The Morgan fingerprint density at radius 2 is 1.02 bits per heavy atom. The van der Waals surface area contributed by atoms with Crippen LogP contribution >= 0.6 is 8.00 Å². The third-order valence-electron chi connectivity index (χ3n) is 7.06. The highest BCUT2D eigenvalue weighted by atomic mass is 32.2. The minimum atomic E-state index is -3.98. The lowest BCUT2D eigenvalue weighted by Crippen LogP contribution is -2.20. The van der Waals surface area contributed by atoms with E-state index in [0.29, 0.717) is 21.8 Å². The quantitative estimate of drug-likeness (QED) is 0.235. The average molecular weight is 590 g/mol. The van der Waals surface area contributed by atoms with Crippen LogP contribution in [-0.4, -0.2) is 36.8 Å². The lowest BCUT2D eigenvalue weighted by Gasteiger charge is -2.22. The summed E-state index contributed by atoms with van der Waals surface area (Å²) in [7, 11) is -10.2. The Morgan fingerprint density at radius 1 is 0.600 bits per heavy atom. The van der Waals surface area contributed by atoms with Gasteiger partial charge in [0.2, 0.25) is 20.0 Å². The van der Waals surface area contributed by atoms with Crippen LogP contribution in [0.5, 0.6) is 0 Å². The SMILES string of the molecule is C[C@H](Np1n(S(C)(=O)=O)c2ccc3ccccc3c2c2c3ccccc3ccc2n1S(C)(=O)=O)c1ccccc1. The molecule has 1 atom stereocenters. The standard InChI is InChI=1S/C30H28N3O4PS2/c1-21(22-11-5-4-6-12-22)31-38-32(39(2,34)35)27-19-17-23-13-7-9-15-25(23)29(27)30-26-16-10-8-14-24(26)18-20-28(30)33(38)40(3,36)37/h4-21,31H,1-3H3/t21-/m0/s1. The number of nitrogens with one attached hydrogen (secondary N) is 1. The number of benzene rings is 5. The van der Waals surface area contributed by atoms with Crippen molar-refractivity contribution in [1.29, 1.82) is 0 Å². The lowest BCUT2D eigenvalue weighted by atomic mass is 9.98. The summed E-state index contributed by atoms with van der Waals surface area (Å²) in [6.07, 6.45) is 2.26. The highest BCUT2D eigenvalue weighted by molar-refractivity contribution is 7.96. The molecule has 0 radical (unpaired) electrons. The Balaban J connectivity index is 1.98. The Bertz CT molecular complexity index is 2080. The van der Waals surface area contributed by atoms with Gasteiger partial charge in [-0.1, -0.05) is 91.0 Å². The van der Waals surface area contributed by atoms with E-state index in [2.05, 4.69) is 5.09 Å². The fourth-order valence-corrected chi connectivity index (χ4v) is 11.1. The van der Waals surface area contributed by atoms with Gasteiger partial charge in [0.15, 0.2) is 0 Å². The molecule has 0 bridgehead atoms. The minimum Gasteiger partial charge on any atom is -0.239 e. The van der Waals surface area contributed by atoms with Gasteiger partial charge in [-0.15, -0.1) is 0 Å². The average Bonchev–Trinajstić information content (AvgIpc) is 3.05. The molecule has 0 unspecified atom stereocenters. The van der Waals surface area contributed by atoms with E-state index >= 15 is 0 Å². The van der Waals surface area contributed by atoms with Crippen LogP contribution in [0, 0.1) is 0 Å². The Labute approximate surface area is 234 Å². The molecule has 0 aliphatic heterocycles. The van der Waals surface area contributed by atoms with E-state index in [1.54, 1.807) is 12.1 Å². The summed E-state index contributed by atoms with van der Waals surface area (Å²) < 4.78 is 57.5. The van der Waals surface area contributed by atoms with Gasteiger partial charge in [0.1, 0.15) is 8.00 Å². The maximum atomic E-state index is 13.7. The molecule has 1 heterocycles. The molecule has 6 aromatic rings. The van der Waals surface area contributed by atoms with Crippen LogP contribution in [0.3, 0.4) is 0 Å². The first-order valence-corrected chi connectivity index (χ1v) is 17.7. The van der Waals surface area contributed by atoms with E-state index in [0.717, 1.165) is 39.6 Å². The summed E-state index contributed by atoms with van der Waals surface area (Å²) in [6.45, 7) is 1.91. The second kappa shape index (κ2) is 9.78. The van der Waals surface area contributed by atoms with E-state index < -0.39 is 28.0 Å². The van der Waals surface area contributed by atoms with Gasteiger partial charge >= 0.3 is 0 Å². The van der Waals surface area contributed by atoms with Gasteiger partial charge in [0.25, 0.3) is 0 Å². The summed E-state index contributed by atoms with van der Waals surface area (Å²) in [5.41, 5.74) is 1.78. The lowest BCUT2D eigenvalue weighted by molar-refractivity contribution is 0.597. The first-order chi connectivity index (χ1) is 19.1. The third-order valence-corrected chi connectivity index (χ3v) is 13.2. The fraction of sp³-hybridized carbons (Fsp3) is 0.133. The monoisotopic (exact) mass is 589 g/mol. The zero-order valence-corrected chi connectivity index (χ0v) is 24.7. The Hall–Kier alpha value is -3.62. The molecule has 0 fully saturated rings. The van der Waals surface area contributed by atoms with E-state index in [4.69, 9.17) is 0 Å². The fourth-order valence-electron chi connectivity index (χ4n) is 5.37. The number of hydrogen-bond donors (Lipinski definition) is 1. The highest BCUT2D eigenvalue weighted by Crippen LogP contribution is 2.43. The van der Waals surface area contributed by atoms with E-state index in [9.17, 15) is 16.8 Å². The predicted octanol–water partition coefficient (Wildman–Crippen LogP) is 6.93. The molecule has 7 nitrogen and oxygen atoms in total. The van der Waals surface area contributed by atoms with Gasteiger partial charge in [-0.05, 0) is 46.2 Å². The van der Waals surface area contributed by atoms with Crippen molar-refractivity contribution in [3.05, 3.63) is 109 Å². The molecule has 0 saturated carbocycles. The van der Waals surface area contributed by atoms with Crippen molar-refractivity contribution in [1.82, 2.24) is 7.47 Å². The van der Waals surface area contributed by atoms with E-state index in [1.807, 2.05) is 97.9 Å². The van der Waals surface area contributed by atoms with Gasteiger partial charge in [0, 0.05) is 16.8 Å². The summed E-state index contributed by atoms with van der Waals surface area (Å²) >= 11 is 0. The van der Waals surface area contributed by atoms with E-state index in [1.165, 1.54) is 7.47 Å². The number of fused-ring (bicyclic) bond motifs is 7. The molecule has 0 amide bonds. The van der Waals surface area contributed by atoms with E-state index in [-0.39, 0.29) is 6.04 Å². The Kier molecular flexibility index (Phi) is 6.50. The van der Waals surface area contributed by atoms with Crippen molar-refractivity contribution >= 4 is 71.4 Å². The molecule has 0 spiro atoms. The highest BCUT2D eigenvalue weighted by Gasteiger charge is 2.26. The van der Waals surface area contributed by atoms with Crippen LogP contribution < -0.4 is 5.09 Å². The first-order valence-electron chi connectivity index (χ1n) is 12.7. The number of hydrogen-bond acceptors (Lipinski definition) is 5. The molecule has 204 valence electrons. The second-order valence-corrected chi connectivity index (χ2v) is 15.8. The van der Waals surface area contributed by atoms with Crippen LogP contribution in [0.1, 0.15) is 18.5 Å². The van der Waals surface area contributed by atoms with Crippen LogP contribution in [0.2, 0.25) is 0 Å². The molecule has 5 aromatic carbocycles. The molecule has 1 N–H and O–H groups in total. The van der Waals surface area contributed by atoms with Crippen molar-refractivity contribution in [2.24, 2.45) is 0 Å². The minimum absolute atomic E-state index is 0.355. The summed E-state index contributed by atoms with van der Waals surface area (Å²) in [5, 5.41) is 8.33. The first kappa shape index (κ1) is 26.6. The molecule has 0 aliphatic carbocycles. The maximum absolute atomic E-state index is 13.7. The van der Waals surface area contributed by atoms with Crippen molar-refractivity contribution in [2.75, 3.05) is 17.6 Å². The van der Waals surface area contributed by atoms with Crippen molar-refractivity contribution < 1.29 is 16.8 Å². The van der Waals surface area contributed by atoms with Crippen LogP contribution in [0.25, 0.3) is 43.4 Å². The van der Waals surface area contributed by atoms with Gasteiger partial charge in [0.05, 0.1) is 23.5 Å². The number of nitrogens with zero attached hydrogens (tertiary/aromatic N) is 2. The van der Waals surface area contributed by atoms with Gasteiger partial charge in [-0.2, -0.15) is 0 Å². The molecular formula is C30H28N3O4PS2. The Morgan fingerprint density at radius 3 is 1.48 bits per heavy atom. The molecular weight excluding hydrogens is 561 g/mol. The molecule has 1 aromatic heterocycles. The molecule has 6 rings (SSSR count). The largest absolute Gasteiger partial charge is 0.241 e. The van der Waals surface area contributed by atoms with Crippen LogP contribution in [0.15, 0.2) is 103 Å². The second-order valence-electron chi connectivity index (χ2n) is 9.92. The zero-order valence-electron chi connectivity index (χ0n) is 22.2. The molecule has 0 saturated heterocycles. The van der Waals surface area contributed by atoms with Crippen molar-refractivity contribution in [2.45, 2.75) is 13.0 Å². The summed E-state index contributed by atoms with van der Waals surface area (Å²) in [6, 6.07) is 32.1. The molecule has 0 aliphatic rings. The summed E-state index contributed by atoms with van der Waals surface area (Å²) in [4.78, 5) is 0. The van der Waals surface area contributed by atoms with Crippen molar-refractivity contribution in [3.63, 3.8) is 0 Å². The topological polar surface area (TPSA) is 90.2 Å². The summed E-state index contributed by atoms with van der Waals surface area (Å²) in [5.74, 6) is 0. The van der Waals surface area contributed by atoms with Crippen LogP contribution in [-0.2, 0) is 20.0 Å². The molecule has 10 heteroatoms. The smallest absolute Gasteiger partial charge is 0.239 e. The number of aromatic nitrogens is 2. The van der Waals surface area contributed by atoms with Gasteiger partial charge in [-0.25, -0.2) is 29.4 Å². The maximum Gasteiger partial charge on any atom is 0.241 e. The van der Waals surface area contributed by atoms with Gasteiger partial charge < -0.3 is 0 Å². The van der Waals surface area contributed by atoms with Gasteiger partial charge in [-0.3, -0.25) is 0 Å². The third kappa shape index (κ3) is 4.49. The predicted molar refractivity (Wildman–Crippen MR) is 167 cm³/mol. The zero-order chi connectivity index (χ0) is 28.2. The van der Waals surface area contributed by atoms with Crippen molar-refractivity contribution in [3.8, 4) is 0 Å². The molecule has 40 heavy (non-hydrogen) atoms. The van der Waals surface area contributed by atoms with Crippen LogP contribution in [0.4, 0.5) is 0 Å². The normalized spacial score (nSPS) is 13.3. The number of rotatable bonds is 5.